The van der Waals surface area contributed by atoms with Crippen molar-refractivity contribution in [3.05, 3.63) is 29.8 Å². The number of anilines is 1. The largest absolute Gasteiger partial charge is 0.485 e. The van der Waals surface area contributed by atoms with E-state index in [9.17, 15) is 21.8 Å². The highest BCUT2D eigenvalue weighted by Gasteiger charge is 2.37. The zero-order chi connectivity index (χ0) is 19.6. The summed E-state index contributed by atoms with van der Waals surface area (Å²) >= 11 is 0. The van der Waals surface area contributed by atoms with Gasteiger partial charge in [-0.3, -0.25) is 0 Å². The Morgan fingerprint density at radius 3 is 2.85 bits per heavy atom. The zero-order valence-electron chi connectivity index (χ0n) is 14.0. The number of benzene rings is 1. The van der Waals surface area contributed by atoms with Crippen molar-refractivity contribution in [2.45, 2.75) is 18.3 Å². The van der Waals surface area contributed by atoms with Crippen molar-refractivity contribution >= 4 is 27.7 Å². The first kappa shape index (κ1) is 19.4. The maximum atomic E-state index is 14.0. The van der Waals surface area contributed by atoms with E-state index in [0.29, 0.717) is 42.7 Å². The van der Waals surface area contributed by atoms with Crippen molar-refractivity contribution in [1.82, 2.24) is 14.7 Å². The Morgan fingerprint density at radius 1 is 1.37 bits per heavy atom. The number of piperidine rings is 1. The van der Waals surface area contributed by atoms with E-state index in [1.54, 1.807) is 6.07 Å². The van der Waals surface area contributed by atoms with Gasteiger partial charge >= 0.3 is 5.51 Å². The number of halogens is 4. The lowest BCUT2D eigenvalue weighted by atomic mass is 9.98. The van der Waals surface area contributed by atoms with E-state index in [2.05, 4.69) is 9.97 Å². The molecule has 1 N–H and O–H groups in total. The van der Waals surface area contributed by atoms with E-state index in [1.807, 2.05) is 9.62 Å². The van der Waals surface area contributed by atoms with Crippen LogP contribution in [-0.4, -0.2) is 39.3 Å². The Kier molecular flexibility index (Phi) is 5.57. The zero-order valence-corrected chi connectivity index (χ0v) is 14.8. The minimum Gasteiger partial charge on any atom is -0.356 e. The third-order valence-electron chi connectivity index (χ3n) is 4.36. The first-order chi connectivity index (χ1) is 12.8. The molecule has 1 aromatic heterocycles. The maximum absolute atomic E-state index is 14.0. The van der Waals surface area contributed by atoms with Gasteiger partial charge in [0.05, 0.1) is 11.1 Å². The SMILES string of the molecule is N#Cc1cc2ncnc(N3CCCC(CNS(=O)C(F)(F)F)C3)c2cc1F. The molecule has 2 aromatic rings. The molecule has 2 heterocycles. The molecule has 0 spiro atoms. The summed E-state index contributed by atoms with van der Waals surface area (Å²) < 4.78 is 64.3. The molecule has 0 bridgehead atoms. The van der Waals surface area contributed by atoms with Crippen LogP contribution in [0.25, 0.3) is 10.9 Å². The fraction of sp³-hybridized carbons (Fsp3) is 0.438. The van der Waals surface area contributed by atoms with E-state index < -0.39 is 22.3 Å². The van der Waals surface area contributed by atoms with Crippen molar-refractivity contribution in [3.8, 4) is 6.07 Å². The molecule has 1 saturated heterocycles. The van der Waals surface area contributed by atoms with Crippen LogP contribution in [0.3, 0.4) is 0 Å². The van der Waals surface area contributed by atoms with Crippen LogP contribution in [0.5, 0.6) is 0 Å². The number of nitrogens with zero attached hydrogens (tertiary/aromatic N) is 4. The van der Waals surface area contributed by atoms with E-state index in [0.717, 1.165) is 0 Å². The molecule has 0 amide bonds. The second-order valence-electron chi connectivity index (χ2n) is 6.18. The lowest BCUT2D eigenvalue weighted by molar-refractivity contribution is -0.0395. The summed E-state index contributed by atoms with van der Waals surface area (Å²) in [5.41, 5.74) is -4.51. The predicted molar refractivity (Wildman–Crippen MR) is 91.3 cm³/mol. The van der Waals surface area contributed by atoms with Gasteiger partial charge in [-0.1, -0.05) is 0 Å². The second-order valence-corrected chi connectivity index (χ2v) is 7.46. The molecule has 2 unspecified atom stereocenters. The number of hydrogen-bond donors (Lipinski definition) is 1. The maximum Gasteiger partial charge on any atom is 0.485 e. The molecule has 2 atom stereocenters. The van der Waals surface area contributed by atoms with Crippen LogP contribution < -0.4 is 9.62 Å². The quantitative estimate of drug-likeness (QED) is 0.797. The number of rotatable bonds is 4. The average molecular weight is 401 g/mol. The first-order valence-corrected chi connectivity index (χ1v) is 9.26. The van der Waals surface area contributed by atoms with Gasteiger partial charge in [-0.05, 0) is 30.9 Å². The van der Waals surface area contributed by atoms with Crippen LogP contribution in [0.2, 0.25) is 0 Å². The number of hydrogen-bond acceptors (Lipinski definition) is 5. The van der Waals surface area contributed by atoms with Gasteiger partial charge in [0.1, 0.15) is 24.0 Å². The monoisotopic (exact) mass is 401 g/mol. The third kappa shape index (κ3) is 4.33. The Balaban J connectivity index is 1.79. The van der Waals surface area contributed by atoms with Gasteiger partial charge in [0, 0.05) is 25.0 Å². The highest BCUT2D eigenvalue weighted by molar-refractivity contribution is 7.83. The highest BCUT2D eigenvalue weighted by Crippen LogP contribution is 2.29. The first-order valence-electron chi connectivity index (χ1n) is 8.11. The summed E-state index contributed by atoms with van der Waals surface area (Å²) in [6.07, 6.45) is 2.68. The summed E-state index contributed by atoms with van der Waals surface area (Å²) in [6.45, 7) is 0.932. The number of nitriles is 1. The molecule has 1 aromatic carbocycles. The Morgan fingerprint density at radius 2 is 2.15 bits per heavy atom. The van der Waals surface area contributed by atoms with Gasteiger partial charge in [-0.25, -0.2) is 23.3 Å². The fourth-order valence-corrected chi connectivity index (χ4v) is 3.65. The molecule has 6 nitrogen and oxygen atoms in total. The minimum absolute atomic E-state index is 0.0570. The van der Waals surface area contributed by atoms with Crippen molar-refractivity contribution < 1.29 is 21.8 Å². The smallest absolute Gasteiger partial charge is 0.356 e. The van der Waals surface area contributed by atoms with Crippen molar-refractivity contribution in [3.63, 3.8) is 0 Å². The minimum atomic E-state index is -4.80. The number of fused-ring (bicyclic) bond motifs is 1. The molecule has 1 aliphatic rings. The van der Waals surface area contributed by atoms with E-state index in [1.165, 1.54) is 18.5 Å². The number of nitrogens with one attached hydrogen (secondary N) is 1. The summed E-state index contributed by atoms with van der Waals surface area (Å²) in [4.78, 5) is 10.1. The van der Waals surface area contributed by atoms with E-state index in [4.69, 9.17) is 5.26 Å². The molecule has 1 fully saturated rings. The standard InChI is InChI=1S/C16H15F4N5OS/c17-13-5-12-14(4-11(13)6-21)22-9-23-15(12)25-3-1-2-10(8-25)7-24-27(26)16(18,19)20/h4-5,9-10,24H,1-3,7-8H2. The van der Waals surface area contributed by atoms with Crippen LogP contribution in [0, 0.1) is 23.1 Å². The molecule has 0 saturated carbocycles. The van der Waals surface area contributed by atoms with Gasteiger partial charge in [-0.2, -0.15) is 18.4 Å². The third-order valence-corrected chi connectivity index (χ3v) is 5.20. The summed E-state index contributed by atoms with van der Waals surface area (Å²) in [7, 11) is -3.10. The normalized spacial score (nSPS) is 19.1. The van der Waals surface area contributed by atoms with E-state index in [-0.39, 0.29) is 18.0 Å². The Hall–Kier alpha value is -2.32. The van der Waals surface area contributed by atoms with Crippen LogP contribution in [-0.2, 0) is 11.0 Å². The van der Waals surface area contributed by atoms with Crippen LogP contribution in [0.4, 0.5) is 23.4 Å². The van der Waals surface area contributed by atoms with Crippen molar-refractivity contribution in [2.24, 2.45) is 5.92 Å². The number of aromatic nitrogens is 2. The average Bonchev–Trinajstić information content (AvgIpc) is 2.64. The Bertz CT molecular complexity index is 914. The van der Waals surface area contributed by atoms with Gasteiger partial charge in [0.25, 0.3) is 0 Å². The molecule has 0 radical (unpaired) electrons. The molecule has 1 aliphatic heterocycles. The second kappa shape index (κ2) is 7.74. The fourth-order valence-electron chi connectivity index (χ4n) is 3.10. The van der Waals surface area contributed by atoms with Crippen molar-refractivity contribution in [2.75, 3.05) is 24.5 Å². The molecule has 27 heavy (non-hydrogen) atoms. The summed E-state index contributed by atoms with van der Waals surface area (Å²) in [5, 5.41) is 9.37. The lowest BCUT2D eigenvalue weighted by Gasteiger charge is -2.34. The molecule has 11 heteroatoms. The van der Waals surface area contributed by atoms with Crippen LogP contribution in [0.1, 0.15) is 18.4 Å². The van der Waals surface area contributed by atoms with Gasteiger partial charge in [0.15, 0.2) is 11.0 Å². The van der Waals surface area contributed by atoms with Crippen LogP contribution >= 0.6 is 0 Å². The van der Waals surface area contributed by atoms with Crippen molar-refractivity contribution in [1.29, 1.82) is 5.26 Å². The van der Waals surface area contributed by atoms with E-state index >= 15 is 0 Å². The molecule has 3 rings (SSSR count). The summed E-state index contributed by atoms with van der Waals surface area (Å²) in [6, 6.07) is 4.29. The highest BCUT2D eigenvalue weighted by atomic mass is 32.2. The molecular formula is C16H15F4N5OS. The van der Waals surface area contributed by atoms with Gasteiger partial charge < -0.3 is 4.90 Å². The summed E-state index contributed by atoms with van der Waals surface area (Å²) in [5.74, 6) is -0.389. The predicted octanol–water partition coefficient (Wildman–Crippen LogP) is 2.63. The lowest BCUT2D eigenvalue weighted by Crippen LogP contribution is -2.42. The molecule has 0 aliphatic carbocycles. The topological polar surface area (TPSA) is 81.9 Å². The molecule has 144 valence electrons. The van der Waals surface area contributed by atoms with Crippen LogP contribution in [0.15, 0.2) is 18.5 Å². The van der Waals surface area contributed by atoms with Gasteiger partial charge in [-0.15, -0.1) is 0 Å². The Labute approximate surface area is 154 Å². The number of alkyl halides is 3. The van der Waals surface area contributed by atoms with Gasteiger partial charge in [0.2, 0.25) is 0 Å². The molecular weight excluding hydrogens is 386 g/mol.